The first-order chi connectivity index (χ1) is 21.6. The van der Waals surface area contributed by atoms with Gasteiger partial charge in [0.05, 0.1) is 6.61 Å². The molecule has 4 atom stereocenters. The van der Waals surface area contributed by atoms with Crippen molar-refractivity contribution in [2.75, 3.05) is 13.2 Å². The molecule has 0 radical (unpaired) electrons. The van der Waals surface area contributed by atoms with Gasteiger partial charge >= 0.3 is 12.1 Å². The zero-order valence-corrected chi connectivity index (χ0v) is 26.1. The van der Waals surface area contributed by atoms with Crippen LogP contribution in [0.3, 0.4) is 0 Å². The third-order valence-corrected chi connectivity index (χ3v) is 7.22. The number of benzene rings is 2. The quantitative estimate of drug-likeness (QED) is 0.166. The van der Waals surface area contributed by atoms with Crippen molar-refractivity contribution in [2.24, 2.45) is 11.8 Å². The van der Waals surface area contributed by atoms with Crippen molar-refractivity contribution < 1.29 is 33.4 Å². The number of hydrogen-bond acceptors (Lipinski definition) is 7. The Labute approximate surface area is 264 Å². The van der Waals surface area contributed by atoms with E-state index in [0.717, 1.165) is 11.1 Å². The van der Waals surface area contributed by atoms with Gasteiger partial charge in [0.2, 0.25) is 17.7 Å². The fourth-order valence-corrected chi connectivity index (χ4v) is 4.97. The largest absolute Gasteiger partial charge is 0.463 e. The maximum absolute atomic E-state index is 13.8. The van der Waals surface area contributed by atoms with E-state index in [1.165, 1.54) is 12.2 Å². The molecular formula is C34H44N4O7. The monoisotopic (exact) mass is 620 g/mol. The number of carbonyl (C=O) groups is 5. The standard InChI is InChI=1S/C34H44N4O7/c1-4-44-30(39)16-15-27(21-26-17-18-35-31(26)40)36-32(41)29(20-24-11-7-5-8-12-24)37-33(42)28(19-23(2)3)38-34(43)45-22-25-13-9-6-10-14-25/h5-16,23,26-29H,4,17-22H2,1-3H3,(H,35,40)(H,36,41)(H,37,42)(H,38,43)/t26-,27-,28+,29+/m1/s1. The van der Waals surface area contributed by atoms with Crippen LogP contribution in [0.4, 0.5) is 4.79 Å². The predicted octanol–water partition coefficient (Wildman–Crippen LogP) is 3.19. The van der Waals surface area contributed by atoms with E-state index in [2.05, 4.69) is 21.3 Å². The summed E-state index contributed by atoms with van der Waals surface area (Å²) in [5, 5.41) is 11.2. The third-order valence-electron chi connectivity index (χ3n) is 7.22. The molecule has 0 saturated carbocycles. The maximum Gasteiger partial charge on any atom is 0.408 e. The summed E-state index contributed by atoms with van der Waals surface area (Å²) in [4.78, 5) is 64.3. The molecule has 3 rings (SSSR count). The molecule has 11 heteroatoms. The van der Waals surface area contributed by atoms with Gasteiger partial charge in [-0.1, -0.05) is 80.6 Å². The Kier molecular flexibility index (Phi) is 14.1. The van der Waals surface area contributed by atoms with Crippen LogP contribution >= 0.6 is 0 Å². The molecule has 0 aromatic heterocycles. The zero-order chi connectivity index (χ0) is 32.6. The number of amides is 4. The summed E-state index contributed by atoms with van der Waals surface area (Å²) in [6.45, 7) is 6.31. The summed E-state index contributed by atoms with van der Waals surface area (Å²) < 4.78 is 10.3. The first-order valence-electron chi connectivity index (χ1n) is 15.4. The Hall–Kier alpha value is -4.67. The van der Waals surface area contributed by atoms with Gasteiger partial charge in [0.15, 0.2) is 0 Å². The minimum absolute atomic E-state index is 0.0431. The van der Waals surface area contributed by atoms with Gasteiger partial charge in [-0.3, -0.25) is 14.4 Å². The highest BCUT2D eigenvalue weighted by Crippen LogP contribution is 2.17. The van der Waals surface area contributed by atoms with E-state index in [1.54, 1.807) is 6.92 Å². The lowest BCUT2D eigenvalue weighted by atomic mass is 9.97. The number of ether oxygens (including phenoxy) is 2. The van der Waals surface area contributed by atoms with Gasteiger partial charge in [0.25, 0.3) is 0 Å². The van der Waals surface area contributed by atoms with Crippen molar-refractivity contribution in [3.05, 3.63) is 83.9 Å². The molecule has 2 aromatic rings. The van der Waals surface area contributed by atoms with Gasteiger partial charge < -0.3 is 30.7 Å². The lowest BCUT2D eigenvalue weighted by Crippen LogP contribution is -2.56. The van der Waals surface area contributed by atoms with E-state index in [4.69, 9.17) is 9.47 Å². The van der Waals surface area contributed by atoms with Crippen LogP contribution in [0, 0.1) is 11.8 Å². The number of alkyl carbamates (subject to hydrolysis) is 1. The van der Waals surface area contributed by atoms with Crippen molar-refractivity contribution >= 4 is 29.8 Å². The third kappa shape index (κ3) is 12.5. The van der Waals surface area contributed by atoms with Gasteiger partial charge in [-0.25, -0.2) is 9.59 Å². The van der Waals surface area contributed by atoms with Crippen LogP contribution in [0.2, 0.25) is 0 Å². The Morgan fingerprint density at radius 1 is 0.889 bits per heavy atom. The fourth-order valence-electron chi connectivity index (χ4n) is 4.97. The van der Waals surface area contributed by atoms with Gasteiger partial charge in [-0.15, -0.1) is 0 Å². The molecule has 1 aliphatic heterocycles. The second-order valence-electron chi connectivity index (χ2n) is 11.4. The van der Waals surface area contributed by atoms with Crippen LogP contribution in [-0.4, -0.2) is 61.1 Å². The average molecular weight is 621 g/mol. The summed E-state index contributed by atoms with van der Waals surface area (Å²) in [6, 6.07) is 15.7. The molecular weight excluding hydrogens is 576 g/mol. The van der Waals surface area contributed by atoms with Crippen LogP contribution in [0.1, 0.15) is 51.2 Å². The van der Waals surface area contributed by atoms with Gasteiger partial charge in [-0.05, 0) is 43.2 Å². The summed E-state index contributed by atoms with van der Waals surface area (Å²) >= 11 is 0. The molecule has 11 nitrogen and oxygen atoms in total. The molecule has 0 spiro atoms. The van der Waals surface area contributed by atoms with Crippen molar-refractivity contribution in [3.8, 4) is 0 Å². The fraction of sp³-hybridized carbons (Fsp3) is 0.441. The first kappa shape index (κ1) is 34.8. The van der Waals surface area contributed by atoms with Crippen molar-refractivity contribution in [3.63, 3.8) is 0 Å². The van der Waals surface area contributed by atoms with E-state index < -0.39 is 42.0 Å². The number of carbonyl (C=O) groups excluding carboxylic acids is 5. The highest BCUT2D eigenvalue weighted by molar-refractivity contribution is 5.92. The van der Waals surface area contributed by atoms with E-state index >= 15 is 0 Å². The molecule has 0 unspecified atom stereocenters. The van der Waals surface area contributed by atoms with Crippen LogP contribution < -0.4 is 21.3 Å². The molecule has 0 aliphatic carbocycles. The van der Waals surface area contributed by atoms with Crippen LogP contribution in [0.15, 0.2) is 72.8 Å². The Bertz CT molecular complexity index is 1300. The van der Waals surface area contributed by atoms with Gasteiger partial charge in [0.1, 0.15) is 18.7 Å². The summed E-state index contributed by atoms with van der Waals surface area (Å²) in [7, 11) is 0. The summed E-state index contributed by atoms with van der Waals surface area (Å²) in [5.41, 5.74) is 1.61. The minimum Gasteiger partial charge on any atom is -0.463 e. The predicted molar refractivity (Wildman–Crippen MR) is 169 cm³/mol. The van der Waals surface area contributed by atoms with E-state index in [0.29, 0.717) is 19.4 Å². The molecule has 45 heavy (non-hydrogen) atoms. The number of rotatable bonds is 16. The molecule has 4 N–H and O–H groups in total. The number of nitrogens with one attached hydrogen (secondary N) is 4. The molecule has 1 saturated heterocycles. The van der Waals surface area contributed by atoms with Gasteiger partial charge in [-0.2, -0.15) is 0 Å². The van der Waals surface area contributed by atoms with Crippen LogP contribution in [0.5, 0.6) is 0 Å². The Balaban J connectivity index is 1.76. The molecule has 0 bridgehead atoms. The summed E-state index contributed by atoms with van der Waals surface area (Å²) in [6.07, 6.45) is 3.35. The first-order valence-corrected chi connectivity index (χ1v) is 15.4. The number of hydrogen-bond donors (Lipinski definition) is 4. The topological polar surface area (TPSA) is 152 Å². The number of esters is 1. The SMILES string of the molecule is CCOC(=O)C=C[C@H](C[C@H]1CCNC1=O)NC(=O)[C@H](Cc1ccccc1)NC(=O)[C@H](CC(C)C)NC(=O)OCc1ccccc1. The van der Waals surface area contributed by atoms with Crippen LogP contribution in [0.25, 0.3) is 0 Å². The lowest BCUT2D eigenvalue weighted by molar-refractivity contribution is -0.137. The van der Waals surface area contributed by atoms with E-state index in [1.807, 2.05) is 74.5 Å². The molecule has 1 heterocycles. The highest BCUT2D eigenvalue weighted by atomic mass is 16.5. The Morgan fingerprint density at radius 2 is 1.53 bits per heavy atom. The second-order valence-corrected chi connectivity index (χ2v) is 11.4. The summed E-state index contributed by atoms with van der Waals surface area (Å²) in [5.74, 6) is -2.01. The minimum atomic E-state index is -1.02. The van der Waals surface area contributed by atoms with E-state index in [-0.39, 0.29) is 43.8 Å². The van der Waals surface area contributed by atoms with Crippen molar-refractivity contribution in [2.45, 2.75) is 71.2 Å². The van der Waals surface area contributed by atoms with Crippen molar-refractivity contribution in [1.29, 1.82) is 0 Å². The maximum atomic E-state index is 13.8. The average Bonchev–Trinajstić information content (AvgIpc) is 3.42. The van der Waals surface area contributed by atoms with Gasteiger partial charge in [0, 0.05) is 31.0 Å². The zero-order valence-electron chi connectivity index (χ0n) is 26.1. The second kappa shape index (κ2) is 18.2. The van der Waals surface area contributed by atoms with E-state index in [9.17, 15) is 24.0 Å². The molecule has 242 valence electrons. The molecule has 1 aliphatic rings. The van der Waals surface area contributed by atoms with Crippen LogP contribution in [-0.2, 0) is 41.7 Å². The van der Waals surface area contributed by atoms with Crippen molar-refractivity contribution in [1.82, 2.24) is 21.3 Å². The molecule has 1 fully saturated rings. The lowest BCUT2D eigenvalue weighted by Gasteiger charge is -2.26. The molecule has 2 aromatic carbocycles. The normalized spacial score (nSPS) is 16.4. The Morgan fingerprint density at radius 3 is 2.13 bits per heavy atom. The molecule has 4 amide bonds. The smallest absolute Gasteiger partial charge is 0.408 e. The highest BCUT2D eigenvalue weighted by Gasteiger charge is 2.31.